The van der Waals surface area contributed by atoms with Gasteiger partial charge in [0.05, 0.1) is 10.5 Å². The minimum absolute atomic E-state index is 0.201. The lowest BCUT2D eigenvalue weighted by molar-refractivity contribution is -0.124. The monoisotopic (exact) mass is 446 g/mol. The maximum atomic E-state index is 13.2. The van der Waals surface area contributed by atoms with Gasteiger partial charge in [-0.25, -0.2) is 8.42 Å². The number of hydrogen-bond acceptors (Lipinski definition) is 4. The molecule has 1 spiro atoms. The van der Waals surface area contributed by atoms with E-state index in [0.717, 1.165) is 77.4 Å². The van der Waals surface area contributed by atoms with Crippen molar-refractivity contribution in [2.75, 3.05) is 26.2 Å². The molecule has 1 atom stereocenters. The first-order chi connectivity index (χ1) is 15.0. The lowest BCUT2D eigenvalue weighted by atomic mass is 9.79. The number of carbonyl (C=O) groups excluding carboxylic acids is 1. The molecule has 2 heterocycles. The van der Waals surface area contributed by atoms with Gasteiger partial charge in [0.1, 0.15) is 0 Å². The number of nitrogens with zero attached hydrogens (tertiary/aromatic N) is 1. The van der Waals surface area contributed by atoms with Crippen LogP contribution in [0.5, 0.6) is 0 Å². The van der Waals surface area contributed by atoms with Crippen LogP contribution in [0.25, 0.3) is 0 Å². The molecule has 1 aromatic rings. The number of aryl methyl sites for hydroxylation is 2. The van der Waals surface area contributed by atoms with Gasteiger partial charge in [-0.3, -0.25) is 4.79 Å². The van der Waals surface area contributed by atoms with Crippen molar-refractivity contribution in [3.63, 3.8) is 0 Å². The standard InChI is InChI=1S/C24H34N2O4S/c27-23(20-4-5-20)25-12-8-18-9-15-30-24(17-18)10-13-26(14-11-24)31(28,29)22-7-6-19-2-1-3-21(19)16-22/h6-7,16,18,20H,1-5,8-15,17H2,(H,25,27). The summed E-state index contributed by atoms with van der Waals surface area (Å²) in [5.74, 6) is 1.01. The number of hydrogen-bond donors (Lipinski definition) is 1. The summed E-state index contributed by atoms with van der Waals surface area (Å²) in [6, 6.07) is 5.68. The number of sulfonamides is 1. The number of amides is 1. The van der Waals surface area contributed by atoms with Gasteiger partial charge in [-0.05, 0) is 93.4 Å². The molecule has 7 heteroatoms. The predicted octanol–water partition coefficient (Wildman–Crippen LogP) is 3.04. The summed E-state index contributed by atoms with van der Waals surface area (Å²) in [6.07, 6.45) is 9.73. The quantitative estimate of drug-likeness (QED) is 0.729. The maximum Gasteiger partial charge on any atom is 0.243 e. The van der Waals surface area contributed by atoms with E-state index in [2.05, 4.69) is 5.32 Å². The summed E-state index contributed by atoms with van der Waals surface area (Å²) < 4.78 is 34.3. The first-order valence-electron chi connectivity index (χ1n) is 12.0. The summed E-state index contributed by atoms with van der Waals surface area (Å²) in [5, 5.41) is 3.08. The summed E-state index contributed by atoms with van der Waals surface area (Å²) in [5.41, 5.74) is 2.29. The zero-order valence-corrected chi connectivity index (χ0v) is 19.1. The fourth-order valence-corrected chi connectivity index (χ4v) is 7.10. The normalized spacial score (nSPS) is 26.0. The third-order valence-electron chi connectivity index (χ3n) is 7.74. The summed E-state index contributed by atoms with van der Waals surface area (Å²) in [6.45, 7) is 2.52. The number of fused-ring (bicyclic) bond motifs is 1. The van der Waals surface area contributed by atoms with Crippen LogP contribution in [0.2, 0.25) is 0 Å². The number of ether oxygens (including phenoxy) is 1. The number of carbonyl (C=O) groups is 1. The molecule has 0 aromatic heterocycles. The van der Waals surface area contributed by atoms with E-state index in [1.165, 1.54) is 11.1 Å². The van der Waals surface area contributed by atoms with E-state index in [0.29, 0.717) is 23.9 Å². The van der Waals surface area contributed by atoms with Crippen LogP contribution in [0.15, 0.2) is 23.1 Å². The Morgan fingerprint density at radius 2 is 1.90 bits per heavy atom. The molecule has 1 unspecified atom stereocenters. The van der Waals surface area contributed by atoms with Gasteiger partial charge < -0.3 is 10.1 Å². The van der Waals surface area contributed by atoms with Crippen molar-refractivity contribution in [1.82, 2.24) is 9.62 Å². The van der Waals surface area contributed by atoms with E-state index in [1.807, 2.05) is 12.1 Å². The van der Waals surface area contributed by atoms with E-state index in [9.17, 15) is 13.2 Å². The van der Waals surface area contributed by atoms with Gasteiger partial charge >= 0.3 is 0 Å². The zero-order valence-electron chi connectivity index (χ0n) is 18.3. The Morgan fingerprint density at radius 3 is 2.68 bits per heavy atom. The molecule has 2 aliphatic carbocycles. The van der Waals surface area contributed by atoms with Crippen molar-refractivity contribution in [3.05, 3.63) is 29.3 Å². The van der Waals surface area contributed by atoms with Gasteiger partial charge in [-0.1, -0.05) is 6.07 Å². The minimum Gasteiger partial charge on any atom is -0.375 e. The van der Waals surface area contributed by atoms with E-state index < -0.39 is 10.0 Å². The van der Waals surface area contributed by atoms with Crippen LogP contribution in [-0.2, 0) is 32.4 Å². The van der Waals surface area contributed by atoms with Crippen molar-refractivity contribution in [2.24, 2.45) is 11.8 Å². The molecule has 4 aliphatic rings. The molecule has 170 valence electrons. The minimum atomic E-state index is -3.45. The summed E-state index contributed by atoms with van der Waals surface area (Å²) in [4.78, 5) is 12.3. The smallest absolute Gasteiger partial charge is 0.243 e. The van der Waals surface area contributed by atoms with Crippen LogP contribution >= 0.6 is 0 Å². The van der Waals surface area contributed by atoms with Crippen LogP contribution in [-0.4, -0.2) is 50.5 Å². The van der Waals surface area contributed by atoms with Gasteiger partial charge in [0.25, 0.3) is 0 Å². The molecule has 0 radical (unpaired) electrons. The Balaban J connectivity index is 1.16. The third kappa shape index (κ3) is 4.55. The number of rotatable bonds is 6. The Labute approximate surface area is 185 Å². The van der Waals surface area contributed by atoms with E-state index >= 15 is 0 Å². The highest BCUT2D eigenvalue weighted by molar-refractivity contribution is 7.89. The van der Waals surface area contributed by atoms with Gasteiger partial charge in [-0.15, -0.1) is 0 Å². The van der Waals surface area contributed by atoms with Gasteiger partial charge in [-0.2, -0.15) is 4.31 Å². The topological polar surface area (TPSA) is 75.7 Å². The van der Waals surface area contributed by atoms with Crippen molar-refractivity contribution in [2.45, 2.75) is 74.7 Å². The molecule has 0 bridgehead atoms. The Morgan fingerprint density at radius 1 is 1.13 bits per heavy atom. The molecule has 6 nitrogen and oxygen atoms in total. The highest BCUT2D eigenvalue weighted by Crippen LogP contribution is 2.40. The molecule has 1 saturated carbocycles. The van der Waals surface area contributed by atoms with Crippen LogP contribution in [0.4, 0.5) is 0 Å². The second-order valence-electron chi connectivity index (χ2n) is 9.93. The second kappa shape index (κ2) is 8.49. The van der Waals surface area contributed by atoms with Crippen LogP contribution in [0.1, 0.15) is 62.5 Å². The average molecular weight is 447 g/mol. The Hall–Kier alpha value is -1.44. The molecular formula is C24H34N2O4S. The van der Waals surface area contributed by atoms with E-state index in [4.69, 9.17) is 4.74 Å². The average Bonchev–Trinajstić information content (AvgIpc) is 3.51. The van der Waals surface area contributed by atoms with Crippen molar-refractivity contribution in [1.29, 1.82) is 0 Å². The molecule has 1 amide bonds. The Kier molecular flexibility index (Phi) is 5.86. The highest BCUT2D eigenvalue weighted by atomic mass is 32.2. The van der Waals surface area contributed by atoms with E-state index in [-0.39, 0.29) is 17.4 Å². The van der Waals surface area contributed by atoms with Crippen molar-refractivity contribution < 1.29 is 17.9 Å². The fraction of sp³-hybridized carbons (Fsp3) is 0.708. The first-order valence-corrected chi connectivity index (χ1v) is 13.4. The van der Waals surface area contributed by atoms with Gasteiger partial charge in [0.2, 0.25) is 15.9 Å². The second-order valence-corrected chi connectivity index (χ2v) is 11.9. The molecule has 1 N–H and O–H groups in total. The molecule has 3 fully saturated rings. The lowest BCUT2D eigenvalue weighted by Gasteiger charge is -2.46. The largest absolute Gasteiger partial charge is 0.375 e. The molecular weight excluding hydrogens is 412 g/mol. The molecule has 2 aliphatic heterocycles. The van der Waals surface area contributed by atoms with Crippen LogP contribution in [0, 0.1) is 11.8 Å². The van der Waals surface area contributed by atoms with Crippen LogP contribution < -0.4 is 5.32 Å². The molecule has 5 rings (SSSR count). The molecule has 1 aromatic carbocycles. The highest BCUT2D eigenvalue weighted by Gasteiger charge is 2.42. The van der Waals surface area contributed by atoms with Crippen molar-refractivity contribution >= 4 is 15.9 Å². The zero-order chi connectivity index (χ0) is 21.5. The SMILES string of the molecule is O=C(NCCC1CCOC2(CCN(S(=O)(=O)c3ccc4c(c3)CCC4)CC2)C1)C1CC1. The Bertz CT molecular complexity index is 933. The summed E-state index contributed by atoms with van der Waals surface area (Å²) in [7, 11) is -3.45. The van der Waals surface area contributed by atoms with Crippen LogP contribution in [0.3, 0.4) is 0 Å². The number of piperidine rings is 1. The number of benzene rings is 1. The molecule has 2 saturated heterocycles. The fourth-order valence-electron chi connectivity index (χ4n) is 5.61. The maximum absolute atomic E-state index is 13.2. The predicted molar refractivity (Wildman–Crippen MR) is 118 cm³/mol. The van der Waals surface area contributed by atoms with E-state index in [1.54, 1.807) is 10.4 Å². The summed E-state index contributed by atoms with van der Waals surface area (Å²) >= 11 is 0. The molecule has 31 heavy (non-hydrogen) atoms. The van der Waals surface area contributed by atoms with Gasteiger partial charge in [0.15, 0.2) is 0 Å². The van der Waals surface area contributed by atoms with Crippen molar-refractivity contribution in [3.8, 4) is 0 Å². The number of nitrogens with one attached hydrogen (secondary N) is 1. The van der Waals surface area contributed by atoms with Gasteiger partial charge in [0, 0.05) is 32.2 Å². The third-order valence-corrected chi connectivity index (χ3v) is 9.63. The lowest BCUT2D eigenvalue weighted by Crippen LogP contribution is -2.50. The first kappa shape index (κ1) is 21.4.